The minimum Gasteiger partial charge on any atom is -0.352 e. The van der Waals surface area contributed by atoms with Gasteiger partial charge in [0, 0.05) is 10.5 Å². The van der Waals surface area contributed by atoms with Gasteiger partial charge in [-0.2, -0.15) is 0 Å². The maximum atomic E-state index is 12.0. The molecule has 1 amide bonds. The normalized spacial score (nSPS) is 12.8. The molecule has 0 spiro atoms. The summed E-state index contributed by atoms with van der Waals surface area (Å²) >= 11 is 3.30. The Morgan fingerprint density at radius 3 is 2.38 bits per heavy atom. The van der Waals surface area contributed by atoms with Crippen molar-refractivity contribution in [2.24, 2.45) is 0 Å². The summed E-state index contributed by atoms with van der Waals surface area (Å²) in [5, 5.41) is 2.81. The number of carbonyl (C=O) groups excluding carboxylic acids is 1. The largest absolute Gasteiger partial charge is 0.352 e. The van der Waals surface area contributed by atoms with E-state index in [1.165, 1.54) is 0 Å². The number of halogens is 1. The van der Waals surface area contributed by atoms with Crippen LogP contribution in [0.3, 0.4) is 0 Å². The van der Waals surface area contributed by atoms with Gasteiger partial charge in [-0.25, -0.2) is 8.42 Å². The summed E-state index contributed by atoms with van der Waals surface area (Å²) in [6.07, 6.45) is 2.92. The maximum absolute atomic E-state index is 12.0. The molecule has 0 aromatic heterocycles. The standard InChI is InChI=1S/C14H21BrN2O3S/c1-4-5-11(2)16-14(18)10-17(21(3,19)20)13-8-6-12(15)7-9-13/h6-9,11H,4-5,10H2,1-3H3,(H,16,18)/t11-/m0/s1. The first-order valence-electron chi connectivity index (χ1n) is 6.76. The average molecular weight is 377 g/mol. The summed E-state index contributed by atoms with van der Waals surface area (Å²) in [5.74, 6) is -0.302. The molecule has 1 rings (SSSR count). The van der Waals surface area contributed by atoms with Crippen LogP contribution in [0.25, 0.3) is 0 Å². The van der Waals surface area contributed by atoms with Gasteiger partial charge >= 0.3 is 0 Å². The highest BCUT2D eigenvalue weighted by atomic mass is 79.9. The highest BCUT2D eigenvalue weighted by Gasteiger charge is 2.21. The van der Waals surface area contributed by atoms with E-state index in [2.05, 4.69) is 21.2 Å². The third kappa shape index (κ3) is 6.05. The molecule has 5 nitrogen and oxygen atoms in total. The number of benzene rings is 1. The molecule has 0 radical (unpaired) electrons. The topological polar surface area (TPSA) is 66.5 Å². The van der Waals surface area contributed by atoms with E-state index in [-0.39, 0.29) is 18.5 Å². The van der Waals surface area contributed by atoms with Gasteiger partial charge in [0.25, 0.3) is 0 Å². The van der Waals surface area contributed by atoms with E-state index in [9.17, 15) is 13.2 Å². The van der Waals surface area contributed by atoms with Crippen LogP contribution in [0.15, 0.2) is 28.7 Å². The molecule has 0 aliphatic carbocycles. The molecule has 1 atom stereocenters. The van der Waals surface area contributed by atoms with Crippen molar-refractivity contribution < 1.29 is 13.2 Å². The SMILES string of the molecule is CCC[C@H](C)NC(=O)CN(c1ccc(Br)cc1)S(C)(=O)=O. The third-order valence-electron chi connectivity index (χ3n) is 2.93. The Hall–Kier alpha value is -1.08. The number of rotatable bonds is 7. The van der Waals surface area contributed by atoms with Crippen molar-refractivity contribution in [1.29, 1.82) is 0 Å². The number of hydrogen-bond acceptors (Lipinski definition) is 3. The maximum Gasteiger partial charge on any atom is 0.240 e. The van der Waals surface area contributed by atoms with Crippen molar-refractivity contribution in [2.75, 3.05) is 17.1 Å². The smallest absolute Gasteiger partial charge is 0.240 e. The van der Waals surface area contributed by atoms with E-state index in [1.807, 2.05) is 13.8 Å². The second-order valence-corrected chi connectivity index (χ2v) is 7.83. The Morgan fingerprint density at radius 2 is 1.90 bits per heavy atom. The fraction of sp³-hybridized carbons (Fsp3) is 0.500. The number of hydrogen-bond donors (Lipinski definition) is 1. The monoisotopic (exact) mass is 376 g/mol. The average Bonchev–Trinajstić information content (AvgIpc) is 2.36. The van der Waals surface area contributed by atoms with Gasteiger partial charge in [-0.1, -0.05) is 29.3 Å². The molecule has 0 bridgehead atoms. The lowest BCUT2D eigenvalue weighted by atomic mass is 10.2. The highest BCUT2D eigenvalue weighted by Crippen LogP contribution is 2.20. The van der Waals surface area contributed by atoms with E-state index in [1.54, 1.807) is 24.3 Å². The van der Waals surface area contributed by atoms with Crippen molar-refractivity contribution >= 4 is 37.5 Å². The predicted molar refractivity (Wildman–Crippen MR) is 88.8 cm³/mol. The fourth-order valence-electron chi connectivity index (χ4n) is 1.96. The molecule has 0 heterocycles. The summed E-state index contributed by atoms with van der Waals surface area (Å²) in [5.41, 5.74) is 0.471. The lowest BCUT2D eigenvalue weighted by Gasteiger charge is -2.23. The van der Waals surface area contributed by atoms with Gasteiger partial charge in [0.05, 0.1) is 11.9 Å². The van der Waals surface area contributed by atoms with Gasteiger partial charge in [0.15, 0.2) is 0 Å². The first-order chi connectivity index (χ1) is 9.74. The highest BCUT2D eigenvalue weighted by molar-refractivity contribution is 9.10. The minimum absolute atomic E-state index is 0.0360. The summed E-state index contributed by atoms with van der Waals surface area (Å²) in [4.78, 5) is 12.0. The van der Waals surface area contributed by atoms with Crippen molar-refractivity contribution in [3.8, 4) is 0 Å². The molecule has 21 heavy (non-hydrogen) atoms. The Morgan fingerprint density at radius 1 is 1.33 bits per heavy atom. The molecule has 0 saturated heterocycles. The molecule has 0 saturated carbocycles. The summed E-state index contributed by atoms with van der Waals surface area (Å²) in [7, 11) is -3.52. The Bertz CT molecular complexity index is 572. The molecule has 118 valence electrons. The number of anilines is 1. The first kappa shape index (κ1) is 18.0. The summed E-state index contributed by atoms with van der Waals surface area (Å²) in [6.45, 7) is 3.73. The van der Waals surface area contributed by atoms with Gasteiger partial charge in [-0.15, -0.1) is 0 Å². The van der Waals surface area contributed by atoms with E-state index in [4.69, 9.17) is 0 Å². The molecule has 7 heteroatoms. The predicted octanol–water partition coefficient (Wildman–Crippen LogP) is 2.52. The zero-order valence-corrected chi connectivity index (χ0v) is 14.9. The van der Waals surface area contributed by atoms with Gasteiger partial charge in [-0.05, 0) is 37.6 Å². The van der Waals surface area contributed by atoms with Crippen molar-refractivity contribution in [3.05, 3.63) is 28.7 Å². The fourth-order valence-corrected chi connectivity index (χ4v) is 3.08. The van der Waals surface area contributed by atoms with Gasteiger partial charge in [0.1, 0.15) is 6.54 Å². The van der Waals surface area contributed by atoms with E-state index in [0.29, 0.717) is 5.69 Å². The van der Waals surface area contributed by atoms with Crippen molar-refractivity contribution in [3.63, 3.8) is 0 Å². The molecule has 1 aromatic carbocycles. The van der Waals surface area contributed by atoms with Crippen LogP contribution in [0.2, 0.25) is 0 Å². The molecule has 0 fully saturated rings. The second kappa shape index (κ2) is 7.79. The lowest BCUT2D eigenvalue weighted by Crippen LogP contribution is -2.43. The molecule has 1 N–H and O–H groups in total. The Kier molecular flexibility index (Phi) is 6.67. The first-order valence-corrected chi connectivity index (χ1v) is 9.40. The van der Waals surface area contributed by atoms with Gasteiger partial charge < -0.3 is 5.32 Å². The molecule has 0 aliphatic rings. The number of nitrogens with one attached hydrogen (secondary N) is 1. The molecular formula is C14H21BrN2O3S. The van der Waals surface area contributed by atoms with Gasteiger partial charge in [-0.3, -0.25) is 9.10 Å². The van der Waals surface area contributed by atoms with E-state index >= 15 is 0 Å². The van der Waals surface area contributed by atoms with E-state index < -0.39 is 10.0 Å². The number of carbonyl (C=O) groups is 1. The van der Waals surface area contributed by atoms with Crippen LogP contribution in [-0.4, -0.2) is 33.2 Å². The number of sulfonamides is 1. The third-order valence-corrected chi connectivity index (χ3v) is 4.60. The Labute approximate surface area is 134 Å². The van der Waals surface area contributed by atoms with Crippen LogP contribution in [0.1, 0.15) is 26.7 Å². The van der Waals surface area contributed by atoms with Crippen molar-refractivity contribution in [2.45, 2.75) is 32.7 Å². The Balaban J connectivity index is 2.86. The van der Waals surface area contributed by atoms with Crippen LogP contribution in [0, 0.1) is 0 Å². The second-order valence-electron chi connectivity index (χ2n) is 5.00. The summed E-state index contributed by atoms with van der Waals surface area (Å²) in [6, 6.07) is 6.84. The van der Waals surface area contributed by atoms with Crippen LogP contribution in [-0.2, 0) is 14.8 Å². The minimum atomic E-state index is -3.52. The zero-order chi connectivity index (χ0) is 16.0. The quantitative estimate of drug-likeness (QED) is 0.794. The van der Waals surface area contributed by atoms with Gasteiger partial charge in [0.2, 0.25) is 15.9 Å². The van der Waals surface area contributed by atoms with Crippen LogP contribution < -0.4 is 9.62 Å². The van der Waals surface area contributed by atoms with E-state index in [0.717, 1.165) is 27.9 Å². The molecular weight excluding hydrogens is 356 g/mol. The van der Waals surface area contributed by atoms with Crippen LogP contribution in [0.4, 0.5) is 5.69 Å². The number of nitrogens with zero attached hydrogens (tertiary/aromatic N) is 1. The molecule has 0 unspecified atom stereocenters. The van der Waals surface area contributed by atoms with Crippen LogP contribution >= 0.6 is 15.9 Å². The van der Waals surface area contributed by atoms with Crippen LogP contribution in [0.5, 0.6) is 0 Å². The molecule has 1 aromatic rings. The lowest BCUT2D eigenvalue weighted by molar-refractivity contribution is -0.120. The number of amides is 1. The van der Waals surface area contributed by atoms with Crippen molar-refractivity contribution in [1.82, 2.24) is 5.32 Å². The zero-order valence-electron chi connectivity index (χ0n) is 12.5. The molecule has 0 aliphatic heterocycles. The summed E-state index contributed by atoms with van der Waals surface area (Å²) < 4.78 is 25.7.